The van der Waals surface area contributed by atoms with Crippen molar-refractivity contribution in [2.45, 2.75) is 26.6 Å². The van der Waals surface area contributed by atoms with Gasteiger partial charge in [-0.05, 0) is 42.5 Å². The van der Waals surface area contributed by atoms with Crippen LogP contribution in [-0.4, -0.2) is 30.4 Å². The second-order valence-electron chi connectivity index (χ2n) is 5.85. The molecule has 2 unspecified atom stereocenters. The molecule has 1 saturated heterocycles. The van der Waals surface area contributed by atoms with Gasteiger partial charge in [-0.25, -0.2) is 4.79 Å². The molecule has 1 heterocycles. The van der Waals surface area contributed by atoms with Crippen LogP contribution in [0.15, 0.2) is 24.3 Å². The number of carbonyl (C=O) groups is 1. The Morgan fingerprint density at radius 1 is 1.18 bits per heavy atom. The smallest absolute Gasteiger partial charge is 0.406 e. The molecule has 7 heteroatoms. The first-order chi connectivity index (χ1) is 10.2. The number of rotatable bonds is 2. The van der Waals surface area contributed by atoms with Gasteiger partial charge in [0.15, 0.2) is 0 Å². The molecule has 0 radical (unpaired) electrons. The highest BCUT2D eigenvalue weighted by Crippen LogP contribution is 2.25. The van der Waals surface area contributed by atoms with Crippen LogP contribution in [0.4, 0.5) is 23.7 Å². The maximum Gasteiger partial charge on any atom is 0.573 e. The van der Waals surface area contributed by atoms with Gasteiger partial charge in [-0.2, -0.15) is 0 Å². The van der Waals surface area contributed by atoms with E-state index in [1.807, 2.05) is 0 Å². The summed E-state index contributed by atoms with van der Waals surface area (Å²) in [7, 11) is 0. The Balaban J connectivity index is 1.94. The molecule has 1 aromatic carbocycles. The van der Waals surface area contributed by atoms with Crippen molar-refractivity contribution < 1.29 is 22.7 Å². The number of urea groups is 1. The molecule has 0 saturated carbocycles. The van der Waals surface area contributed by atoms with Crippen LogP contribution in [0.25, 0.3) is 0 Å². The van der Waals surface area contributed by atoms with Crippen LogP contribution in [0.2, 0.25) is 0 Å². The standard InChI is InChI=1S/C15H19F3N2O2/c1-10-7-11(2)9-20(8-10)14(21)19-12-3-5-13(6-4-12)22-15(16,17)18/h3-6,10-11H,7-9H2,1-2H3,(H,19,21). The summed E-state index contributed by atoms with van der Waals surface area (Å²) in [6.45, 7) is 5.56. The quantitative estimate of drug-likeness (QED) is 0.892. The van der Waals surface area contributed by atoms with E-state index in [0.717, 1.165) is 6.42 Å². The number of nitrogens with zero attached hydrogens (tertiary/aromatic N) is 1. The minimum Gasteiger partial charge on any atom is -0.406 e. The van der Waals surface area contributed by atoms with Gasteiger partial charge in [0.1, 0.15) is 5.75 Å². The van der Waals surface area contributed by atoms with Gasteiger partial charge in [0.05, 0.1) is 0 Å². The zero-order chi connectivity index (χ0) is 16.3. The van der Waals surface area contributed by atoms with Crippen LogP contribution in [0.5, 0.6) is 5.75 Å². The average Bonchev–Trinajstić information content (AvgIpc) is 2.38. The van der Waals surface area contributed by atoms with Gasteiger partial charge in [0.25, 0.3) is 0 Å². The summed E-state index contributed by atoms with van der Waals surface area (Å²) in [5, 5.41) is 2.69. The van der Waals surface area contributed by atoms with Crippen molar-refractivity contribution in [3.05, 3.63) is 24.3 Å². The molecular weight excluding hydrogens is 297 g/mol. The predicted molar refractivity (Wildman–Crippen MR) is 76.7 cm³/mol. The first kappa shape index (κ1) is 16.5. The summed E-state index contributed by atoms with van der Waals surface area (Å²) in [5.41, 5.74) is 0.436. The Hall–Kier alpha value is -1.92. The SMILES string of the molecule is CC1CC(C)CN(C(=O)Nc2ccc(OC(F)(F)F)cc2)C1. The maximum absolute atomic E-state index is 12.2. The summed E-state index contributed by atoms with van der Waals surface area (Å²) in [6, 6.07) is 4.88. The molecule has 2 amide bonds. The Morgan fingerprint density at radius 2 is 1.73 bits per heavy atom. The van der Waals surface area contributed by atoms with E-state index in [9.17, 15) is 18.0 Å². The van der Waals surface area contributed by atoms with Crippen LogP contribution < -0.4 is 10.1 Å². The number of likely N-dealkylation sites (tertiary alicyclic amines) is 1. The van der Waals surface area contributed by atoms with Gasteiger partial charge in [-0.1, -0.05) is 13.8 Å². The number of hydrogen-bond donors (Lipinski definition) is 1. The number of benzene rings is 1. The van der Waals surface area contributed by atoms with E-state index in [2.05, 4.69) is 23.9 Å². The summed E-state index contributed by atoms with van der Waals surface area (Å²) in [4.78, 5) is 13.9. The predicted octanol–water partition coefficient (Wildman–Crippen LogP) is 4.10. The fraction of sp³-hybridized carbons (Fsp3) is 0.533. The van der Waals surface area contributed by atoms with Crippen LogP contribution in [0.1, 0.15) is 20.3 Å². The molecule has 122 valence electrons. The van der Waals surface area contributed by atoms with Crippen LogP contribution in [-0.2, 0) is 0 Å². The third-order valence-electron chi connectivity index (χ3n) is 3.50. The Kier molecular flexibility index (Phi) is 4.83. The first-order valence-electron chi connectivity index (χ1n) is 7.14. The van der Waals surface area contributed by atoms with Crippen molar-refractivity contribution in [2.24, 2.45) is 11.8 Å². The van der Waals surface area contributed by atoms with Gasteiger partial charge in [-0.15, -0.1) is 13.2 Å². The molecule has 0 aromatic heterocycles. The molecule has 0 bridgehead atoms. The van der Waals surface area contributed by atoms with E-state index in [0.29, 0.717) is 30.6 Å². The van der Waals surface area contributed by atoms with E-state index in [1.165, 1.54) is 24.3 Å². The highest BCUT2D eigenvalue weighted by Gasteiger charge is 2.31. The zero-order valence-electron chi connectivity index (χ0n) is 12.5. The first-order valence-corrected chi connectivity index (χ1v) is 7.14. The van der Waals surface area contributed by atoms with Crippen molar-refractivity contribution in [3.8, 4) is 5.75 Å². The lowest BCUT2D eigenvalue weighted by Gasteiger charge is -2.34. The van der Waals surface area contributed by atoms with E-state index in [4.69, 9.17) is 0 Å². The zero-order valence-corrected chi connectivity index (χ0v) is 12.5. The van der Waals surface area contributed by atoms with Gasteiger partial charge in [-0.3, -0.25) is 0 Å². The number of piperidine rings is 1. The van der Waals surface area contributed by atoms with Crippen LogP contribution in [0, 0.1) is 11.8 Å². The molecule has 1 N–H and O–H groups in total. The average molecular weight is 316 g/mol. The number of halogens is 3. The Bertz CT molecular complexity index is 507. The third-order valence-corrected chi connectivity index (χ3v) is 3.50. The Labute approximate surface area is 127 Å². The number of ether oxygens (including phenoxy) is 1. The van der Waals surface area contributed by atoms with Gasteiger partial charge in [0.2, 0.25) is 0 Å². The molecule has 1 aliphatic heterocycles. The van der Waals surface area contributed by atoms with E-state index >= 15 is 0 Å². The molecule has 4 nitrogen and oxygen atoms in total. The number of amides is 2. The minimum atomic E-state index is -4.72. The second kappa shape index (κ2) is 6.46. The lowest BCUT2D eigenvalue weighted by molar-refractivity contribution is -0.274. The summed E-state index contributed by atoms with van der Waals surface area (Å²) >= 11 is 0. The van der Waals surface area contributed by atoms with Crippen LogP contribution >= 0.6 is 0 Å². The highest BCUT2D eigenvalue weighted by atomic mass is 19.4. The van der Waals surface area contributed by atoms with Crippen molar-refractivity contribution >= 4 is 11.7 Å². The number of nitrogens with one attached hydrogen (secondary N) is 1. The summed E-state index contributed by atoms with van der Waals surface area (Å²) < 4.78 is 40.0. The lowest BCUT2D eigenvalue weighted by Crippen LogP contribution is -2.44. The summed E-state index contributed by atoms with van der Waals surface area (Å²) in [5.74, 6) is 0.569. The molecule has 2 rings (SSSR count). The second-order valence-corrected chi connectivity index (χ2v) is 5.85. The Morgan fingerprint density at radius 3 is 2.23 bits per heavy atom. The largest absolute Gasteiger partial charge is 0.573 e. The van der Waals surface area contributed by atoms with Gasteiger partial charge < -0.3 is 15.0 Å². The molecule has 1 fully saturated rings. The fourth-order valence-electron chi connectivity index (χ4n) is 2.77. The number of alkyl halides is 3. The molecule has 1 aliphatic rings. The third kappa shape index (κ3) is 4.82. The highest BCUT2D eigenvalue weighted by molar-refractivity contribution is 5.89. The van der Waals surface area contributed by atoms with E-state index in [1.54, 1.807) is 4.90 Å². The van der Waals surface area contributed by atoms with E-state index in [-0.39, 0.29) is 11.8 Å². The monoisotopic (exact) mass is 316 g/mol. The van der Waals surface area contributed by atoms with E-state index < -0.39 is 6.36 Å². The van der Waals surface area contributed by atoms with Gasteiger partial charge >= 0.3 is 12.4 Å². The normalized spacial score (nSPS) is 22.3. The lowest BCUT2D eigenvalue weighted by atomic mass is 9.92. The van der Waals surface area contributed by atoms with Crippen molar-refractivity contribution in [3.63, 3.8) is 0 Å². The number of hydrogen-bond acceptors (Lipinski definition) is 2. The number of carbonyl (C=O) groups excluding carboxylic acids is 1. The van der Waals surface area contributed by atoms with Crippen LogP contribution in [0.3, 0.4) is 0 Å². The minimum absolute atomic E-state index is 0.233. The van der Waals surface area contributed by atoms with Gasteiger partial charge in [0, 0.05) is 18.8 Å². The molecule has 0 spiro atoms. The molecular formula is C15H19F3N2O2. The molecule has 2 atom stereocenters. The topological polar surface area (TPSA) is 41.6 Å². The van der Waals surface area contributed by atoms with Crippen molar-refractivity contribution in [2.75, 3.05) is 18.4 Å². The molecule has 0 aliphatic carbocycles. The van der Waals surface area contributed by atoms with Crippen molar-refractivity contribution in [1.29, 1.82) is 0 Å². The maximum atomic E-state index is 12.2. The molecule has 1 aromatic rings. The summed E-state index contributed by atoms with van der Waals surface area (Å²) in [6.07, 6.45) is -3.63. The molecule has 22 heavy (non-hydrogen) atoms. The number of anilines is 1. The van der Waals surface area contributed by atoms with Crippen molar-refractivity contribution in [1.82, 2.24) is 4.90 Å². The fourth-order valence-corrected chi connectivity index (χ4v) is 2.77.